The van der Waals surface area contributed by atoms with E-state index in [1.165, 1.54) is 4.90 Å². The predicted molar refractivity (Wildman–Crippen MR) is 44.0 cm³/mol. The minimum Gasteiger partial charge on any atom is -0.478 e. The lowest BCUT2D eigenvalue weighted by Gasteiger charge is -2.11. The third kappa shape index (κ3) is 2.87. The Kier molecular flexibility index (Phi) is 3.02. The fourth-order valence-electron chi connectivity index (χ4n) is 1.19. The van der Waals surface area contributed by atoms with Crippen LogP contribution in [0.2, 0.25) is 0 Å². The van der Waals surface area contributed by atoms with Crippen molar-refractivity contribution >= 4 is 11.9 Å². The van der Waals surface area contributed by atoms with Crippen molar-refractivity contribution in [3.63, 3.8) is 0 Å². The van der Waals surface area contributed by atoms with Gasteiger partial charge >= 0.3 is 5.97 Å². The standard InChI is InChI=1S/C8H11NO4/c10-6-3-4-9(5-6)7(11)1-2-8(12)13/h1-2,6,10H,3-5H2,(H,12,13). The maximum absolute atomic E-state index is 11.2. The van der Waals surface area contributed by atoms with E-state index in [4.69, 9.17) is 10.2 Å². The lowest BCUT2D eigenvalue weighted by Crippen LogP contribution is -2.27. The number of β-amino-alcohol motifs (C(OH)–C–C–N with tert-alkyl or cyclic N) is 1. The molecule has 0 saturated carbocycles. The van der Waals surface area contributed by atoms with Crippen molar-refractivity contribution in [2.45, 2.75) is 12.5 Å². The molecule has 0 aromatic rings. The second-order valence-corrected chi connectivity index (χ2v) is 2.90. The van der Waals surface area contributed by atoms with Crippen LogP contribution >= 0.6 is 0 Å². The highest BCUT2D eigenvalue weighted by Gasteiger charge is 2.22. The molecule has 1 rings (SSSR count). The van der Waals surface area contributed by atoms with Crippen LogP contribution < -0.4 is 0 Å². The lowest BCUT2D eigenvalue weighted by atomic mass is 10.3. The van der Waals surface area contributed by atoms with Crippen LogP contribution in [0.5, 0.6) is 0 Å². The zero-order valence-electron chi connectivity index (χ0n) is 7.01. The number of aliphatic carboxylic acids is 1. The smallest absolute Gasteiger partial charge is 0.328 e. The summed E-state index contributed by atoms with van der Waals surface area (Å²) in [5, 5.41) is 17.3. The van der Waals surface area contributed by atoms with Crippen LogP contribution in [0.1, 0.15) is 6.42 Å². The summed E-state index contributed by atoms with van der Waals surface area (Å²) in [6, 6.07) is 0. The van der Waals surface area contributed by atoms with Crippen LogP contribution in [0.15, 0.2) is 12.2 Å². The Bertz CT molecular complexity index is 249. The maximum atomic E-state index is 11.2. The number of carboxylic acids is 1. The second kappa shape index (κ2) is 4.04. The van der Waals surface area contributed by atoms with Gasteiger partial charge in [-0.05, 0) is 6.42 Å². The van der Waals surface area contributed by atoms with Crippen LogP contribution in [0.4, 0.5) is 0 Å². The van der Waals surface area contributed by atoms with Gasteiger partial charge in [0.05, 0.1) is 6.10 Å². The van der Waals surface area contributed by atoms with Gasteiger partial charge in [-0.25, -0.2) is 4.79 Å². The predicted octanol–water partition coefficient (Wildman–Crippen LogP) is -0.780. The fraction of sp³-hybridized carbons (Fsp3) is 0.500. The molecule has 5 nitrogen and oxygen atoms in total. The number of hydrogen-bond acceptors (Lipinski definition) is 3. The van der Waals surface area contributed by atoms with Crippen molar-refractivity contribution in [2.24, 2.45) is 0 Å². The van der Waals surface area contributed by atoms with E-state index < -0.39 is 12.1 Å². The van der Waals surface area contributed by atoms with E-state index in [1.807, 2.05) is 0 Å². The Morgan fingerprint density at radius 1 is 1.38 bits per heavy atom. The number of rotatable bonds is 2. The Hall–Kier alpha value is -1.36. The van der Waals surface area contributed by atoms with Crippen molar-refractivity contribution in [1.82, 2.24) is 4.90 Å². The van der Waals surface area contributed by atoms with Gasteiger partial charge in [-0.2, -0.15) is 0 Å². The summed E-state index contributed by atoms with van der Waals surface area (Å²) in [7, 11) is 0. The van der Waals surface area contributed by atoms with Crippen LogP contribution in [0.3, 0.4) is 0 Å². The highest BCUT2D eigenvalue weighted by molar-refractivity contribution is 5.94. The molecule has 2 N–H and O–H groups in total. The van der Waals surface area contributed by atoms with Crippen LogP contribution in [0, 0.1) is 0 Å². The molecular formula is C8H11NO4. The molecule has 0 aromatic heterocycles. The van der Waals surface area contributed by atoms with E-state index in [1.54, 1.807) is 0 Å². The number of carbonyl (C=O) groups is 2. The molecule has 0 bridgehead atoms. The molecule has 1 amide bonds. The van der Waals surface area contributed by atoms with E-state index in [2.05, 4.69) is 0 Å². The van der Waals surface area contributed by atoms with Crippen molar-refractivity contribution in [1.29, 1.82) is 0 Å². The van der Waals surface area contributed by atoms with Crippen molar-refractivity contribution < 1.29 is 19.8 Å². The lowest BCUT2D eigenvalue weighted by molar-refractivity contribution is -0.132. The van der Waals surface area contributed by atoms with Gasteiger partial charge in [-0.3, -0.25) is 4.79 Å². The molecule has 1 fully saturated rings. The summed E-state index contributed by atoms with van der Waals surface area (Å²) >= 11 is 0. The average molecular weight is 185 g/mol. The summed E-state index contributed by atoms with van der Waals surface area (Å²) in [6.45, 7) is 0.784. The van der Waals surface area contributed by atoms with Gasteiger partial charge < -0.3 is 15.1 Å². The van der Waals surface area contributed by atoms with Crippen molar-refractivity contribution in [3.05, 3.63) is 12.2 Å². The summed E-state index contributed by atoms with van der Waals surface area (Å²) in [5.41, 5.74) is 0. The van der Waals surface area contributed by atoms with Crippen LogP contribution in [-0.2, 0) is 9.59 Å². The van der Waals surface area contributed by atoms with Gasteiger partial charge in [0.25, 0.3) is 0 Å². The van der Waals surface area contributed by atoms with Crippen LogP contribution in [-0.4, -0.2) is 46.2 Å². The molecule has 0 aliphatic carbocycles. The van der Waals surface area contributed by atoms with Crippen LogP contribution in [0.25, 0.3) is 0 Å². The van der Waals surface area contributed by atoms with Crippen molar-refractivity contribution in [3.8, 4) is 0 Å². The number of aliphatic hydroxyl groups is 1. The molecule has 1 aliphatic heterocycles. The third-order valence-electron chi connectivity index (χ3n) is 1.84. The largest absolute Gasteiger partial charge is 0.478 e. The van der Waals surface area contributed by atoms with E-state index in [0.29, 0.717) is 19.5 Å². The van der Waals surface area contributed by atoms with Gasteiger partial charge in [0.2, 0.25) is 5.91 Å². The van der Waals surface area contributed by atoms with Gasteiger partial charge in [0, 0.05) is 25.2 Å². The second-order valence-electron chi connectivity index (χ2n) is 2.90. The number of amides is 1. The number of nitrogens with zero attached hydrogens (tertiary/aromatic N) is 1. The topological polar surface area (TPSA) is 77.8 Å². The van der Waals surface area contributed by atoms with E-state index in [-0.39, 0.29) is 5.91 Å². The highest BCUT2D eigenvalue weighted by Crippen LogP contribution is 2.08. The van der Waals surface area contributed by atoms with E-state index >= 15 is 0 Å². The number of carbonyl (C=O) groups excluding carboxylic acids is 1. The monoisotopic (exact) mass is 185 g/mol. The molecular weight excluding hydrogens is 174 g/mol. The molecule has 13 heavy (non-hydrogen) atoms. The maximum Gasteiger partial charge on any atom is 0.328 e. The molecule has 5 heteroatoms. The zero-order valence-corrected chi connectivity index (χ0v) is 7.01. The number of aliphatic hydroxyl groups excluding tert-OH is 1. The van der Waals surface area contributed by atoms with Crippen molar-refractivity contribution in [2.75, 3.05) is 13.1 Å². The Morgan fingerprint density at radius 3 is 2.54 bits per heavy atom. The first kappa shape index (κ1) is 9.73. The summed E-state index contributed by atoms with van der Waals surface area (Å²) in [6.07, 6.45) is 1.89. The number of likely N-dealkylation sites (tertiary alicyclic amines) is 1. The normalized spacial score (nSPS) is 22.5. The first-order valence-corrected chi connectivity index (χ1v) is 3.97. The van der Waals surface area contributed by atoms with Gasteiger partial charge in [0.15, 0.2) is 0 Å². The Balaban J connectivity index is 2.44. The average Bonchev–Trinajstić information content (AvgIpc) is 2.47. The zero-order chi connectivity index (χ0) is 9.84. The third-order valence-corrected chi connectivity index (χ3v) is 1.84. The molecule has 1 saturated heterocycles. The first-order chi connectivity index (χ1) is 6.09. The summed E-state index contributed by atoms with van der Waals surface area (Å²) in [4.78, 5) is 22.7. The fourth-order valence-corrected chi connectivity index (χ4v) is 1.19. The molecule has 0 spiro atoms. The minimum atomic E-state index is -1.15. The Morgan fingerprint density at radius 2 is 2.08 bits per heavy atom. The number of hydrogen-bond donors (Lipinski definition) is 2. The molecule has 1 atom stereocenters. The van der Waals surface area contributed by atoms with Gasteiger partial charge in [-0.1, -0.05) is 0 Å². The number of carboxylic acid groups (broad SMARTS) is 1. The Labute approximate surface area is 75.3 Å². The minimum absolute atomic E-state index is 0.294. The molecule has 72 valence electrons. The SMILES string of the molecule is O=C(O)C=CC(=O)N1CCC(O)C1. The highest BCUT2D eigenvalue weighted by atomic mass is 16.4. The van der Waals surface area contributed by atoms with Gasteiger partial charge in [0.1, 0.15) is 0 Å². The quantitative estimate of drug-likeness (QED) is 0.553. The van der Waals surface area contributed by atoms with E-state index in [0.717, 1.165) is 12.2 Å². The molecule has 1 heterocycles. The van der Waals surface area contributed by atoms with Gasteiger partial charge in [-0.15, -0.1) is 0 Å². The molecule has 0 aromatic carbocycles. The summed E-state index contributed by atoms with van der Waals surface area (Å²) in [5.74, 6) is -1.51. The molecule has 1 aliphatic rings. The summed E-state index contributed by atoms with van der Waals surface area (Å²) < 4.78 is 0. The molecule has 1 unspecified atom stereocenters. The van der Waals surface area contributed by atoms with E-state index in [9.17, 15) is 9.59 Å². The first-order valence-electron chi connectivity index (χ1n) is 3.97. The molecule has 0 radical (unpaired) electrons.